The molecule has 0 bridgehead atoms. The summed E-state index contributed by atoms with van der Waals surface area (Å²) in [6.45, 7) is 2.57. The van der Waals surface area contributed by atoms with Gasteiger partial charge < -0.3 is 9.73 Å². The Kier molecular flexibility index (Phi) is 4.14. The molecular weight excluding hydrogens is 304 g/mol. The van der Waals surface area contributed by atoms with E-state index in [0.29, 0.717) is 22.5 Å². The van der Waals surface area contributed by atoms with Crippen LogP contribution in [0.2, 0.25) is 0 Å². The number of rotatable bonds is 4. The zero-order valence-corrected chi connectivity index (χ0v) is 11.3. The third-order valence-corrected chi connectivity index (χ3v) is 2.93. The van der Waals surface area contributed by atoms with E-state index < -0.39 is 11.6 Å². The van der Waals surface area contributed by atoms with E-state index in [9.17, 15) is 8.78 Å². The van der Waals surface area contributed by atoms with Gasteiger partial charge in [0.1, 0.15) is 17.4 Å². The quantitative estimate of drug-likeness (QED) is 0.922. The van der Waals surface area contributed by atoms with Gasteiger partial charge in [0.2, 0.25) is 0 Å². The van der Waals surface area contributed by atoms with Crippen LogP contribution in [0.4, 0.5) is 8.78 Å². The van der Waals surface area contributed by atoms with Crippen molar-refractivity contribution in [3.8, 4) is 0 Å². The first-order valence-corrected chi connectivity index (χ1v) is 6.34. The number of halogens is 3. The summed E-state index contributed by atoms with van der Waals surface area (Å²) >= 11 is 3.21. The molecule has 0 fully saturated rings. The number of hydrogen-bond donors (Lipinski definition) is 1. The Morgan fingerprint density at radius 2 is 1.89 bits per heavy atom. The fraction of sp³-hybridized carbons (Fsp3) is 0.231. The molecule has 18 heavy (non-hydrogen) atoms. The molecule has 0 aliphatic rings. The molecule has 1 atom stereocenters. The lowest BCUT2D eigenvalue weighted by Crippen LogP contribution is -2.21. The van der Waals surface area contributed by atoms with Crippen LogP contribution in [0.1, 0.15) is 24.3 Å². The van der Waals surface area contributed by atoms with Crippen molar-refractivity contribution in [2.75, 3.05) is 6.54 Å². The van der Waals surface area contributed by atoms with Crippen LogP contribution in [0.3, 0.4) is 0 Å². The van der Waals surface area contributed by atoms with Gasteiger partial charge in [-0.05, 0) is 52.3 Å². The lowest BCUT2D eigenvalue weighted by atomic mass is 10.0. The van der Waals surface area contributed by atoms with Crippen LogP contribution in [0.5, 0.6) is 0 Å². The molecule has 0 aliphatic carbocycles. The van der Waals surface area contributed by atoms with Gasteiger partial charge in [0, 0.05) is 6.07 Å². The van der Waals surface area contributed by atoms with E-state index in [1.165, 1.54) is 12.1 Å². The highest BCUT2D eigenvalue weighted by Gasteiger charge is 2.18. The van der Waals surface area contributed by atoms with Gasteiger partial charge in [-0.1, -0.05) is 6.92 Å². The van der Waals surface area contributed by atoms with Crippen LogP contribution >= 0.6 is 15.9 Å². The van der Waals surface area contributed by atoms with E-state index in [0.717, 1.165) is 6.07 Å². The van der Waals surface area contributed by atoms with Crippen molar-refractivity contribution in [1.29, 1.82) is 0 Å². The molecule has 1 N–H and O–H groups in total. The Balaban J connectivity index is 2.40. The minimum atomic E-state index is -0.599. The van der Waals surface area contributed by atoms with Gasteiger partial charge in [-0.25, -0.2) is 8.78 Å². The summed E-state index contributed by atoms with van der Waals surface area (Å²) in [5.74, 6) is -0.592. The molecule has 1 heterocycles. The highest BCUT2D eigenvalue weighted by molar-refractivity contribution is 9.10. The fourth-order valence-electron chi connectivity index (χ4n) is 1.81. The van der Waals surface area contributed by atoms with Crippen molar-refractivity contribution in [2.24, 2.45) is 0 Å². The average Bonchev–Trinajstić information content (AvgIpc) is 2.71. The average molecular weight is 316 g/mol. The summed E-state index contributed by atoms with van der Waals surface area (Å²) in [5.41, 5.74) is 0.496. The van der Waals surface area contributed by atoms with Gasteiger partial charge in [-0.15, -0.1) is 0 Å². The van der Waals surface area contributed by atoms with Gasteiger partial charge >= 0.3 is 0 Å². The fourth-order valence-corrected chi connectivity index (χ4v) is 2.13. The van der Waals surface area contributed by atoms with Gasteiger partial charge in [-0.2, -0.15) is 0 Å². The maximum atomic E-state index is 13.2. The topological polar surface area (TPSA) is 25.2 Å². The highest BCUT2D eigenvalue weighted by Crippen LogP contribution is 2.27. The van der Waals surface area contributed by atoms with Gasteiger partial charge in [0.05, 0.1) is 6.04 Å². The molecule has 0 radical (unpaired) electrons. The second-order valence-corrected chi connectivity index (χ2v) is 4.62. The maximum Gasteiger partial charge on any atom is 0.169 e. The molecule has 0 amide bonds. The first-order valence-electron chi connectivity index (χ1n) is 5.54. The van der Waals surface area contributed by atoms with Crippen LogP contribution in [0.25, 0.3) is 0 Å². The Labute approximate surface area is 112 Å². The van der Waals surface area contributed by atoms with E-state index in [1.54, 1.807) is 12.1 Å². The molecule has 2 nitrogen and oxygen atoms in total. The highest BCUT2D eigenvalue weighted by atomic mass is 79.9. The zero-order valence-electron chi connectivity index (χ0n) is 9.71. The third kappa shape index (κ3) is 2.97. The normalized spacial score (nSPS) is 12.7. The number of benzene rings is 1. The van der Waals surface area contributed by atoms with E-state index in [-0.39, 0.29) is 6.04 Å². The van der Waals surface area contributed by atoms with Crippen molar-refractivity contribution in [3.05, 3.63) is 58.0 Å². The molecule has 0 saturated heterocycles. The van der Waals surface area contributed by atoms with Crippen molar-refractivity contribution in [3.63, 3.8) is 0 Å². The predicted molar refractivity (Wildman–Crippen MR) is 68.3 cm³/mol. The number of furan rings is 1. The van der Waals surface area contributed by atoms with Gasteiger partial charge in [0.25, 0.3) is 0 Å². The molecule has 1 unspecified atom stereocenters. The first-order chi connectivity index (χ1) is 8.60. The van der Waals surface area contributed by atoms with E-state index in [2.05, 4.69) is 21.2 Å². The predicted octanol–water partition coefficient (Wildman–Crippen LogP) is 4.02. The largest absolute Gasteiger partial charge is 0.452 e. The summed E-state index contributed by atoms with van der Waals surface area (Å²) in [7, 11) is 0. The Morgan fingerprint density at radius 1 is 1.22 bits per heavy atom. The minimum Gasteiger partial charge on any atom is -0.452 e. The molecule has 5 heteroatoms. The lowest BCUT2D eigenvalue weighted by Gasteiger charge is -2.16. The summed E-state index contributed by atoms with van der Waals surface area (Å²) in [6.07, 6.45) is 0. The molecular formula is C13H12BrF2NO. The number of nitrogens with one attached hydrogen (secondary N) is 1. The van der Waals surface area contributed by atoms with Crippen LogP contribution in [-0.4, -0.2) is 6.54 Å². The maximum absolute atomic E-state index is 13.2. The summed E-state index contributed by atoms with van der Waals surface area (Å²) < 4.78 is 32.5. The molecule has 2 aromatic rings. The Morgan fingerprint density at radius 3 is 2.39 bits per heavy atom. The molecule has 0 spiro atoms. The lowest BCUT2D eigenvalue weighted by molar-refractivity contribution is 0.435. The smallest absolute Gasteiger partial charge is 0.169 e. The second kappa shape index (κ2) is 5.63. The Bertz CT molecular complexity index is 521. The minimum absolute atomic E-state index is 0.369. The molecule has 0 saturated carbocycles. The second-order valence-electron chi connectivity index (χ2n) is 3.84. The first kappa shape index (κ1) is 13.2. The summed E-state index contributed by atoms with van der Waals surface area (Å²) in [4.78, 5) is 0. The monoisotopic (exact) mass is 315 g/mol. The standard InChI is InChI=1S/C13H12BrF2NO/c1-2-17-13(11-3-4-12(14)18-11)8-5-9(15)7-10(16)6-8/h3-7,13,17H,2H2,1H3. The molecule has 96 valence electrons. The van der Waals surface area contributed by atoms with E-state index in [1.807, 2.05) is 6.92 Å². The van der Waals surface area contributed by atoms with Gasteiger partial charge in [-0.3, -0.25) is 0 Å². The molecule has 2 rings (SSSR count). The van der Waals surface area contributed by atoms with Crippen molar-refractivity contribution < 1.29 is 13.2 Å². The Hall–Kier alpha value is -1.20. The zero-order chi connectivity index (χ0) is 13.1. The SMILES string of the molecule is CCNC(c1cc(F)cc(F)c1)c1ccc(Br)o1. The van der Waals surface area contributed by atoms with Crippen LogP contribution in [0.15, 0.2) is 39.4 Å². The van der Waals surface area contributed by atoms with Gasteiger partial charge in [0.15, 0.2) is 4.67 Å². The van der Waals surface area contributed by atoms with Crippen LogP contribution < -0.4 is 5.32 Å². The van der Waals surface area contributed by atoms with Crippen LogP contribution in [0, 0.1) is 11.6 Å². The molecule has 0 aliphatic heterocycles. The van der Waals surface area contributed by atoms with E-state index in [4.69, 9.17) is 4.42 Å². The number of hydrogen-bond acceptors (Lipinski definition) is 2. The third-order valence-electron chi connectivity index (χ3n) is 2.50. The van der Waals surface area contributed by atoms with E-state index >= 15 is 0 Å². The molecule has 1 aromatic heterocycles. The van der Waals surface area contributed by atoms with Crippen LogP contribution in [-0.2, 0) is 0 Å². The molecule has 1 aromatic carbocycles. The van der Waals surface area contributed by atoms with Crippen molar-refractivity contribution in [1.82, 2.24) is 5.32 Å². The van der Waals surface area contributed by atoms with Crippen molar-refractivity contribution in [2.45, 2.75) is 13.0 Å². The summed E-state index contributed by atoms with van der Waals surface area (Å²) in [6, 6.07) is 6.59. The van der Waals surface area contributed by atoms with Crippen molar-refractivity contribution >= 4 is 15.9 Å². The summed E-state index contributed by atoms with van der Waals surface area (Å²) in [5, 5.41) is 3.14.